The zero-order valence-corrected chi connectivity index (χ0v) is 16.4. The second kappa shape index (κ2) is 9.22. The molecule has 0 aliphatic carbocycles. The summed E-state index contributed by atoms with van der Waals surface area (Å²) in [7, 11) is 0. The highest BCUT2D eigenvalue weighted by Crippen LogP contribution is 2.31. The molecule has 0 atom stereocenters. The summed E-state index contributed by atoms with van der Waals surface area (Å²) < 4.78 is 0. The number of thiazole rings is 1. The second-order valence-corrected chi connectivity index (χ2v) is 7.17. The Kier molecular flexibility index (Phi) is 6.48. The zero-order valence-electron chi connectivity index (χ0n) is 14.8. The minimum atomic E-state index is -0.729. The van der Waals surface area contributed by atoms with Gasteiger partial charge in [0, 0.05) is 18.0 Å². The molecule has 0 aliphatic heterocycles. The average Bonchev–Trinajstić information content (AvgIpc) is 3.07. The molecule has 1 aromatic heterocycles. The fourth-order valence-electron chi connectivity index (χ4n) is 2.45. The Morgan fingerprint density at radius 2 is 1.96 bits per heavy atom. The van der Waals surface area contributed by atoms with E-state index < -0.39 is 11.8 Å². The maximum Gasteiger partial charge on any atom is 0.300 e. The van der Waals surface area contributed by atoms with Gasteiger partial charge in [0.2, 0.25) is 0 Å². The molecule has 3 rings (SSSR count). The largest absolute Gasteiger partial charge is 0.364 e. The zero-order chi connectivity index (χ0) is 19.9. The van der Waals surface area contributed by atoms with Crippen molar-refractivity contribution in [2.45, 2.75) is 12.8 Å². The molecular formula is C20H17ClN4O2S. The van der Waals surface area contributed by atoms with Gasteiger partial charge in [-0.3, -0.25) is 9.59 Å². The number of nitrogens with two attached hydrogens (primary N) is 1. The number of nitrogens with one attached hydrogen (secondary N) is 2. The molecule has 0 aliphatic rings. The fourth-order valence-corrected chi connectivity index (χ4v) is 3.47. The smallest absolute Gasteiger partial charge is 0.300 e. The first-order valence-corrected chi connectivity index (χ1v) is 9.84. The summed E-state index contributed by atoms with van der Waals surface area (Å²) >= 11 is 6.69. The van der Waals surface area contributed by atoms with Gasteiger partial charge in [0.05, 0.1) is 0 Å². The van der Waals surface area contributed by atoms with Crippen LogP contribution in [-0.2, 0) is 4.79 Å². The SMILES string of the molecule is NC(=O)c1nc(Nc2ccc3ccccc3c2)sc1NC(=O)C#CCCCCl. The highest BCUT2D eigenvalue weighted by Gasteiger charge is 2.17. The first-order valence-electron chi connectivity index (χ1n) is 8.49. The van der Waals surface area contributed by atoms with Crippen molar-refractivity contribution in [3.63, 3.8) is 0 Å². The molecule has 6 nitrogen and oxygen atoms in total. The number of aromatic nitrogens is 1. The molecule has 8 heteroatoms. The molecule has 0 fully saturated rings. The molecule has 2 aromatic carbocycles. The number of halogens is 1. The van der Waals surface area contributed by atoms with Gasteiger partial charge in [0.25, 0.3) is 5.91 Å². The lowest BCUT2D eigenvalue weighted by molar-refractivity contribution is -0.111. The number of carbonyl (C=O) groups is 2. The number of primary amides is 1. The minimum Gasteiger partial charge on any atom is -0.364 e. The predicted molar refractivity (Wildman–Crippen MR) is 114 cm³/mol. The van der Waals surface area contributed by atoms with E-state index in [0.717, 1.165) is 27.8 Å². The lowest BCUT2D eigenvalue weighted by atomic mass is 10.1. The number of hydrogen-bond acceptors (Lipinski definition) is 5. The average molecular weight is 413 g/mol. The monoisotopic (exact) mass is 412 g/mol. The normalized spacial score (nSPS) is 10.2. The fraction of sp³-hybridized carbons (Fsp3) is 0.150. The van der Waals surface area contributed by atoms with Gasteiger partial charge in [0.1, 0.15) is 5.00 Å². The summed E-state index contributed by atoms with van der Waals surface area (Å²) in [5.74, 6) is 4.41. The predicted octanol–water partition coefficient (Wildman–Crippen LogP) is 4.10. The van der Waals surface area contributed by atoms with Gasteiger partial charge in [-0.05, 0) is 35.2 Å². The number of nitrogens with zero attached hydrogens (tertiary/aromatic N) is 1. The van der Waals surface area contributed by atoms with Crippen LogP contribution in [0.15, 0.2) is 42.5 Å². The van der Waals surface area contributed by atoms with Gasteiger partial charge >= 0.3 is 5.91 Å². The van der Waals surface area contributed by atoms with Crippen LogP contribution in [0.4, 0.5) is 15.8 Å². The molecule has 0 saturated carbocycles. The Morgan fingerprint density at radius 1 is 1.18 bits per heavy atom. The number of anilines is 3. The van der Waals surface area contributed by atoms with Crippen LogP contribution in [0.2, 0.25) is 0 Å². The van der Waals surface area contributed by atoms with E-state index in [9.17, 15) is 9.59 Å². The molecule has 1 heterocycles. The summed E-state index contributed by atoms with van der Waals surface area (Å²) in [5.41, 5.74) is 6.18. The number of benzene rings is 2. The third-order valence-electron chi connectivity index (χ3n) is 3.73. The molecule has 3 aromatic rings. The molecule has 0 saturated heterocycles. The molecular weight excluding hydrogens is 396 g/mol. The van der Waals surface area contributed by atoms with Crippen LogP contribution in [0, 0.1) is 11.8 Å². The van der Waals surface area contributed by atoms with Crippen molar-refractivity contribution in [3.8, 4) is 11.8 Å². The molecule has 4 N–H and O–H groups in total. The number of unbranched alkanes of at least 4 members (excludes halogenated alkanes) is 1. The van der Waals surface area contributed by atoms with Gasteiger partial charge in [0.15, 0.2) is 10.8 Å². The number of fused-ring (bicyclic) bond motifs is 1. The Labute approximate surface area is 171 Å². The van der Waals surface area contributed by atoms with E-state index in [4.69, 9.17) is 17.3 Å². The minimum absolute atomic E-state index is 0.0100. The van der Waals surface area contributed by atoms with Crippen LogP contribution in [-0.4, -0.2) is 22.7 Å². The van der Waals surface area contributed by atoms with Gasteiger partial charge in [-0.2, -0.15) is 0 Å². The summed E-state index contributed by atoms with van der Waals surface area (Å²) in [4.78, 5) is 27.8. The van der Waals surface area contributed by atoms with E-state index in [-0.39, 0.29) is 10.7 Å². The summed E-state index contributed by atoms with van der Waals surface area (Å²) in [5, 5.41) is 8.60. The standard InChI is InChI=1S/C20H17ClN4O2S/c21-11-5-1-2-8-16(26)24-19-17(18(22)27)25-20(28-19)23-15-10-9-13-6-3-4-7-14(13)12-15/h3-4,6-7,9-10,12H,1,5,11H2,(H2,22,27)(H,23,25)(H,24,26). The topological polar surface area (TPSA) is 97.1 Å². The number of alkyl halides is 1. The Morgan fingerprint density at radius 3 is 2.71 bits per heavy atom. The molecule has 0 bridgehead atoms. The highest BCUT2D eigenvalue weighted by atomic mass is 35.5. The molecule has 0 unspecified atom stereocenters. The van der Waals surface area contributed by atoms with Crippen LogP contribution in [0.3, 0.4) is 0 Å². The van der Waals surface area contributed by atoms with E-state index in [1.807, 2.05) is 42.5 Å². The molecule has 0 radical (unpaired) electrons. The summed E-state index contributed by atoms with van der Waals surface area (Å²) in [6.45, 7) is 0. The van der Waals surface area contributed by atoms with Gasteiger partial charge in [-0.1, -0.05) is 47.6 Å². The van der Waals surface area contributed by atoms with Crippen LogP contribution in [0.25, 0.3) is 10.8 Å². The molecule has 142 valence electrons. The van der Waals surface area contributed by atoms with E-state index in [2.05, 4.69) is 27.5 Å². The van der Waals surface area contributed by atoms with Crippen molar-refractivity contribution in [2.75, 3.05) is 16.5 Å². The lowest BCUT2D eigenvalue weighted by Crippen LogP contribution is -2.16. The molecule has 2 amide bonds. The van der Waals surface area contributed by atoms with E-state index in [1.54, 1.807) is 0 Å². The maximum atomic E-state index is 12.0. The van der Waals surface area contributed by atoms with E-state index in [0.29, 0.717) is 23.9 Å². The summed E-state index contributed by atoms with van der Waals surface area (Å²) in [6.07, 6.45) is 1.23. The Balaban J connectivity index is 1.78. The van der Waals surface area contributed by atoms with Gasteiger partial charge < -0.3 is 16.4 Å². The number of rotatable bonds is 6. The van der Waals surface area contributed by atoms with E-state index in [1.165, 1.54) is 0 Å². The highest BCUT2D eigenvalue weighted by molar-refractivity contribution is 7.20. The molecule has 0 spiro atoms. The van der Waals surface area contributed by atoms with Gasteiger partial charge in [-0.15, -0.1) is 11.6 Å². The van der Waals surface area contributed by atoms with Crippen LogP contribution in [0.1, 0.15) is 23.3 Å². The van der Waals surface area contributed by atoms with Gasteiger partial charge in [-0.25, -0.2) is 4.98 Å². The van der Waals surface area contributed by atoms with Crippen LogP contribution in [0.5, 0.6) is 0 Å². The quantitative estimate of drug-likeness (QED) is 0.322. The number of hydrogen-bond donors (Lipinski definition) is 3. The van der Waals surface area contributed by atoms with E-state index >= 15 is 0 Å². The van der Waals surface area contributed by atoms with Crippen molar-refractivity contribution in [3.05, 3.63) is 48.2 Å². The van der Waals surface area contributed by atoms with Crippen molar-refractivity contribution in [1.29, 1.82) is 0 Å². The lowest BCUT2D eigenvalue weighted by Gasteiger charge is -2.04. The number of amides is 2. The van der Waals surface area contributed by atoms with Crippen LogP contribution < -0.4 is 16.4 Å². The first kappa shape index (κ1) is 19.7. The summed E-state index contributed by atoms with van der Waals surface area (Å²) in [6, 6.07) is 13.8. The van der Waals surface area contributed by atoms with Crippen molar-refractivity contribution in [1.82, 2.24) is 4.98 Å². The van der Waals surface area contributed by atoms with Crippen molar-refractivity contribution < 1.29 is 9.59 Å². The van der Waals surface area contributed by atoms with Crippen molar-refractivity contribution in [2.24, 2.45) is 5.73 Å². The molecule has 28 heavy (non-hydrogen) atoms. The third kappa shape index (κ3) is 5.00. The van der Waals surface area contributed by atoms with Crippen molar-refractivity contribution >= 4 is 61.3 Å². The third-order valence-corrected chi connectivity index (χ3v) is 4.88. The van der Waals surface area contributed by atoms with Crippen LogP contribution >= 0.6 is 22.9 Å². The number of carbonyl (C=O) groups excluding carboxylic acids is 2. The first-order chi connectivity index (χ1) is 13.6. The Hall–Kier alpha value is -3.08. The second-order valence-electron chi connectivity index (χ2n) is 5.80. The Bertz CT molecular complexity index is 1080. The maximum absolute atomic E-state index is 12.0.